The zero-order chi connectivity index (χ0) is 13.7. The van der Waals surface area contributed by atoms with Crippen molar-refractivity contribution < 1.29 is 9.18 Å². The fourth-order valence-electron chi connectivity index (χ4n) is 3.26. The second kappa shape index (κ2) is 4.13. The van der Waals surface area contributed by atoms with E-state index in [0.29, 0.717) is 18.5 Å². The fraction of sp³-hybridized carbons (Fsp3) is 0.250. The Hall–Kier alpha value is -2.23. The van der Waals surface area contributed by atoms with E-state index in [9.17, 15) is 9.18 Å². The normalized spacial score (nSPS) is 20.1. The van der Waals surface area contributed by atoms with E-state index in [1.807, 2.05) is 17.0 Å². The fourth-order valence-corrected chi connectivity index (χ4v) is 3.26. The van der Waals surface area contributed by atoms with Crippen LogP contribution in [0.1, 0.15) is 33.2 Å². The van der Waals surface area contributed by atoms with Crippen LogP contribution in [-0.4, -0.2) is 22.3 Å². The summed E-state index contributed by atoms with van der Waals surface area (Å²) in [6, 6.07) is 8.42. The van der Waals surface area contributed by atoms with Crippen LogP contribution in [0, 0.1) is 5.82 Å². The van der Waals surface area contributed by atoms with Gasteiger partial charge >= 0.3 is 0 Å². The van der Waals surface area contributed by atoms with Crippen molar-refractivity contribution >= 4 is 5.91 Å². The highest BCUT2D eigenvalue weighted by atomic mass is 19.1. The van der Waals surface area contributed by atoms with E-state index in [-0.39, 0.29) is 17.8 Å². The molecule has 1 aromatic carbocycles. The van der Waals surface area contributed by atoms with Crippen LogP contribution in [-0.2, 0) is 12.8 Å². The van der Waals surface area contributed by atoms with Gasteiger partial charge in [-0.25, -0.2) is 4.39 Å². The maximum absolute atomic E-state index is 13.5. The number of nitrogens with zero attached hydrogens (tertiary/aromatic N) is 2. The Labute approximate surface area is 116 Å². The largest absolute Gasteiger partial charge is 0.331 e. The van der Waals surface area contributed by atoms with Crippen LogP contribution in [0.3, 0.4) is 0 Å². The topological polar surface area (TPSA) is 33.2 Å². The minimum atomic E-state index is -0.245. The first-order valence-electron chi connectivity index (χ1n) is 6.77. The van der Waals surface area contributed by atoms with Crippen LogP contribution in [0.25, 0.3) is 0 Å². The van der Waals surface area contributed by atoms with Gasteiger partial charge in [-0.3, -0.25) is 9.78 Å². The number of rotatable bonds is 0. The molecule has 3 heterocycles. The molecule has 0 fully saturated rings. The van der Waals surface area contributed by atoms with E-state index in [4.69, 9.17) is 0 Å². The molecule has 1 amide bonds. The van der Waals surface area contributed by atoms with Crippen molar-refractivity contribution in [2.45, 2.75) is 18.9 Å². The molecule has 0 unspecified atom stereocenters. The Morgan fingerprint density at radius 1 is 1.30 bits per heavy atom. The summed E-state index contributed by atoms with van der Waals surface area (Å²) >= 11 is 0. The van der Waals surface area contributed by atoms with Gasteiger partial charge in [0.15, 0.2) is 0 Å². The van der Waals surface area contributed by atoms with Gasteiger partial charge in [-0.05, 0) is 41.8 Å². The first-order chi connectivity index (χ1) is 9.74. The zero-order valence-corrected chi connectivity index (χ0v) is 10.8. The molecule has 0 saturated heterocycles. The van der Waals surface area contributed by atoms with Crippen LogP contribution in [0.15, 0.2) is 36.5 Å². The monoisotopic (exact) mass is 268 g/mol. The van der Waals surface area contributed by atoms with Gasteiger partial charge in [0.1, 0.15) is 5.82 Å². The molecule has 0 N–H and O–H groups in total. The minimum absolute atomic E-state index is 0.0132. The lowest BCUT2D eigenvalue weighted by atomic mass is 9.85. The van der Waals surface area contributed by atoms with Crippen molar-refractivity contribution in [2.24, 2.45) is 0 Å². The van der Waals surface area contributed by atoms with Gasteiger partial charge in [0, 0.05) is 19.2 Å². The number of benzene rings is 1. The van der Waals surface area contributed by atoms with Gasteiger partial charge in [-0.2, -0.15) is 0 Å². The average Bonchev–Trinajstić information content (AvgIpc) is 2.47. The Balaban J connectivity index is 1.85. The molecule has 0 radical (unpaired) electrons. The smallest absolute Gasteiger partial charge is 0.256 e. The number of halogens is 1. The van der Waals surface area contributed by atoms with Crippen LogP contribution in [0.5, 0.6) is 0 Å². The lowest BCUT2D eigenvalue weighted by molar-refractivity contribution is 0.0628. The summed E-state index contributed by atoms with van der Waals surface area (Å²) in [5.74, 6) is -0.232. The highest BCUT2D eigenvalue weighted by molar-refractivity contribution is 5.96. The van der Waals surface area contributed by atoms with Gasteiger partial charge in [0.25, 0.3) is 5.91 Å². The molecule has 3 nitrogen and oxygen atoms in total. The van der Waals surface area contributed by atoms with Gasteiger partial charge in [-0.1, -0.05) is 6.07 Å². The molecule has 2 aliphatic rings. The molecular formula is C16H13FN2O. The molecule has 1 aromatic heterocycles. The number of hydrogen-bond donors (Lipinski definition) is 0. The molecular weight excluding hydrogens is 255 g/mol. The average molecular weight is 268 g/mol. The molecule has 0 aliphatic carbocycles. The maximum atomic E-state index is 13.5. The number of amides is 1. The first-order valence-corrected chi connectivity index (χ1v) is 6.77. The zero-order valence-electron chi connectivity index (χ0n) is 10.8. The Kier molecular flexibility index (Phi) is 2.39. The second-order valence-electron chi connectivity index (χ2n) is 5.31. The molecule has 2 aliphatic heterocycles. The molecule has 100 valence electrons. The summed E-state index contributed by atoms with van der Waals surface area (Å²) in [4.78, 5) is 18.7. The molecule has 20 heavy (non-hydrogen) atoms. The standard InChI is InChI=1S/C16H13FN2O/c17-11-4-3-10-5-7-19-15(13(10)8-11)9-14-12(16(19)20)2-1-6-18-14/h1-4,6,8,15H,5,7,9H2/t15-/m0/s1. The van der Waals surface area contributed by atoms with E-state index in [1.54, 1.807) is 18.3 Å². The summed E-state index contributed by atoms with van der Waals surface area (Å²) in [5.41, 5.74) is 3.57. The second-order valence-corrected chi connectivity index (χ2v) is 5.31. The summed E-state index contributed by atoms with van der Waals surface area (Å²) in [6.07, 6.45) is 3.16. The third kappa shape index (κ3) is 1.57. The lowest BCUT2D eigenvalue weighted by Crippen LogP contribution is -2.44. The van der Waals surface area contributed by atoms with Crippen LogP contribution in [0.2, 0.25) is 0 Å². The van der Waals surface area contributed by atoms with E-state index in [2.05, 4.69) is 4.98 Å². The Morgan fingerprint density at radius 2 is 2.20 bits per heavy atom. The highest BCUT2D eigenvalue weighted by Crippen LogP contribution is 2.37. The Morgan fingerprint density at radius 3 is 3.10 bits per heavy atom. The van der Waals surface area contributed by atoms with E-state index in [1.165, 1.54) is 6.07 Å². The van der Waals surface area contributed by atoms with Crippen LogP contribution >= 0.6 is 0 Å². The molecule has 4 heteroatoms. The van der Waals surface area contributed by atoms with Crippen molar-refractivity contribution in [3.8, 4) is 0 Å². The predicted octanol–water partition coefficient (Wildman–Crippen LogP) is 2.52. The van der Waals surface area contributed by atoms with Crippen molar-refractivity contribution in [3.63, 3.8) is 0 Å². The van der Waals surface area contributed by atoms with Crippen molar-refractivity contribution in [3.05, 3.63) is 64.7 Å². The Bertz CT molecular complexity index is 713. The lowest BCUT2D eigenvalue weighted by Gasteiger charge is -2.40. The van der Waals surface area contributed by atoms with Gasteiger partial charge in [0.05, 0.1) is 17.3 Å². The quantitative estimate of drug-likeness (QED) is 0.735. The van der Waals surface area contributed by atoms with Crippen LogP contribution < -0.4 is 0 Å². The predicted molar refractivity (Wildman–Crippen MR) is 71.8 cm³/mol. The summed E-state index contributed by atoms with van der Waals surface area (Å²) < 4.78 is 13.5. The number of aromatic nitrogens is 1. The molecule has 2 aromatic rings. The van der Waals surface area contributed by atoms with Gasteiger partial charge in [0.2, 0.25) is 0 Å². The number of carbonyl (C=O) groups excluding carboxylic acids is 1. The van der Waals surface area contributed by atoms with Crippen molar-refractivity contribution in [1.82, 2.24) is 9.88 Å². The number of pyridine rings is 1. The van der Waals surface area contributed by atoms with E-state index >= 15 is 0 Å². The van der Waals surface area contributed by atoms with Crippen LogP contribution in [0.4, 0.5) is 4.39 Å². The van der Waals surface area contributed by atoms with Gasteiger partial charge in [-0.15, -0.1) is 0 Å². The van der Waals surface area contributed by atoms with Crippen molar-refractivity contribution in [2.75, 3.05) is 6.54 Å². The van der Waals surface area contributed by atoms with Gasteiger partial charge < -0.3 is 4.90 Å². The summed E-state index contributed by atoms with van der Waals surface area (Å²) in [6.45, 7) is 0.691. The third-order valence-corrected chi connectivity index (χ3v) is 4.23. The molecule has 1 atom stereocenters. The molecule has 0 saturated carbocycles. The minimum Gasteiger partial charge on any atom is -0.331 e. The molecule has 4 rings (SSSR count). The van der Waals surface area contributed by atoms with E-state index in [0.717, 1.165) is 23.2 Å². The highest BCUT2D eigenvalue weighted by Gasteiger charge is 2.37. The maximum Gasteiger partial charge on any atom is 0.256 e. The van der Waals surface area contributed by atoms with E-state index < -0.39 is 0 Å². The number of carbonyl (C=O) groups is 1. The first kappa shape index (κ1) is 11.6. The number of fused-ring (bicyclic) bond motifs is 4. The van der Waals surface area contributed by atoms with Crippen molar-refractivity contribution in [1.29, 1.82) is 0 Å². The molecule has 0 spiro atoms. The molecule has 0 bridgehead atoms. The SMILES string of the molecule is O=C1c2cccnc2C[C@H]2c3cc(F)ccc3CCN12. The third-order valence-electron chi connectivity index (χ3n) is 4.23. The number of hydrogen-bond acceptors (Lipinski definition) is 2. The summed E-state index contributed by atoms with van der Waals surface area (Å²) in [5, 5.41) is 0. The summed E-state index contributed by atoms with van der Waals surface area (Å²) in [7, 11) is 0.